The molecular weight excluding hydrogens is 866 g/mol. The van der Waals surface area contributed by atoms with Crippen molar-refractivity contribution in [3.8, 4) is 17.0 Å². The van der Waals surface area contributed by atoms with Crippen LogP contribution in [0.15, 0.2) is 61.1 Å². The molecule has 0 bridgehead atoms. The molecule has 67 heavy (non-hydrogen) atoms. The molecular formula is C49H53F3N10O5. The fourth-order valence-electron chi connectivity index (χ4n) is 10.8. The summed E-state index contributed by atoms with van der Waals surface area (Å²) >= 11 is 0. The number of nitrogens with zero attached hydrogens (tertiary/aromatic N) is 8. The third-order valence-electron chi connectivity index (χ3n) is 15.0. The molecule has 3 N–H and O–H groups in total. The molecule has 0 unspecified atom stereocenters. The summed E-state index contributed by atoms with van der Waals surface area (Å²) in [6.07, 6.45) is 13.4. The Kier molecular flexibility index (Phi) is 11.8. The topological polar surface area (TPSA) is 169 Å². The second-order valence-electron chi connectivity index (χ2n) is 19.0. The summed E-state index contributed by atoms with van der Waals surface area (Å²) in [6.45, 7) is 7.52. The second kappa shape index (κ2) is 17.9. The first kappa shape index (κ1) is 44.3. The monoisotopic (exact) mass is 918 g/mol. The van der Waals surface area contributed by atoms with Gasteiger partial charge in [0, 0.05) is 93.2 Å². The molecule has 0 atom stereocenters. The number of phenolic OH excluding ortho intramolecular Hbond substituents is 1. The molecule has 5 aliphatic rings. The second-order valence-corrected chi connectivity index (χ2v) is 19.0. The first-order valence-corrected chi connectivity index (χ1v) is 23.3. The number of halogens is 3. The Morgan fingerprint density at radius 2 is 1.63 bits per heavy atom. The lowest BCUT2D eigenvalue weighted by Gasteiger charge is -2.56. The van der Waals surface area contributed by atoms with E-state index in [1.54, 1.807) is 11.0 Å². The van der Waals surface area contributed by atoms with Crippen LogP contribution in [0.1, 0.15) is 90.1 Å². The number of aromatic hydroxyl groups is 1. The van der Waals surface area contributed by atoms with Gasteiger partial charge in [-0.25, -0.2) is 18.6 Å². The number of aryl methyl sites for hydroxylation is 1. The summed E-state index contributed by atoms with van der Waals surface area (Å²) in [5.74, 6) is -6.48. The number of amides is 5. The summed E-state index contributed by atoms with van der Waals surface area (Å²) in [7, 11) is 0. The van der Waals surface area contributed by atoms with Crippen molar-refractivity contribution in [2.75, 3.05) is 62.2 Å². The Hall–Kier alpha value is -6.56. The van der Waals surface area contributed by atoms with Crippen LogP contribution in [0.5, 0.6) is 5.75 Å². The van der Waals surface area contributed by atoms with Gasteiger partial charge < -0.3 is 20.2 Å². The highest BCUT2D eigenvalue weighted by Gasteiger charge is 2.48. The van der Waals surface area contributed by atoms with E-state index in [2.05, 4.69) is 20.4 Å². The lowest BCUT2D eigenvalue weighted by Crippen LogP contribution is -2.59. The van der Waals surface area contributed by atoms with Crippen molar-refractivity contribution in [1.82, 2.24) is 40.2 Å². The van der Waals surface area contributed by atoms with E-state index in [1.165, 1.54) is 0 Å². The SMILES string of the molecule is Cc1ccc(C(=O)N2CCC3(CC2)CC(N2CCN(c4cnc(-c5ccc6cn(C7CCC(CNC(=O)c8cc(F)c(O)c(F)c8F)CC7)nc6c5)cn4)CC2)C3)cc1N1CCC(=O)NC1=O. The van der Waals surface area contributed by atoms with Crippen LogP contribution >= 0.6 is 0 Å². The van der Waals surface area contributed by atoms with Crippen LogP contribution in [0, 0.1) is 35.7 Å². The lowest BCUT2D eigenvalue weighted by molar-refractivity contribution is -0.120. The van der Waals surface area contributed by atoms with Crippen LogP contribution in [-0.2, 0) is 4.79 Å². The van der Waals surface area contributed by atoms with Gasteiger partial charge in [0.2, 0.25) is 11.7 Å². The molecule has 1 spiro atoms. The van der Waals surface area contributed by atoms with Crippen molar-refractivity contribution in [3.05, 3.63) is 95.2 Å². The maximum atomic E-state index is 14.2. The summed E-state index contributed by atoms with van der Waals surface area (Å²) in [5, 5.41) is 20.1. The first-order valence-electron chi connectivity index (χ1n) is 23.3. The van der Waals surface area contributed by atoms with E-state index in [4.69, 9.17) is 15.1 Å². The Balaban J connectivity index is 0.668. The Labute approximate surface area is 385 Å². The van der Waals surface area contributed by atoms with E-state index < -0.39 is 40.7 Å². The molecule has 15 nitrogen and oxygen atoms in total. The highest BCUT2D eigenvalue weighted by molar-refractivity contribution is 6.06. The molecule has 0 radical (unpaired) electrons. The van der Waals surface area contributed by atoms with Crippen molar-refractivity contribution in [1.29, 1.82) is 0 Å². The molecule has 350 valence electrons. The average Bonchev–Trinajstić information content (AvgIpc) is 3.77. The smallest absolute Gasteiger partial charge is 0.328 e. The number of aromatic nitrogens is 4. The van der Waals surface area contributed by atoms with E-state index in [-0.39, 0.29) is 42.2 Å². The number of rotatable bonds is 9. The number of phenols is 1. The minimum absolute atomic E-state index is 0.0181. The molecule has 3 aliphatic heterocycles. The summed E-state index contributed by atoms with van der Waals surface area (Å²) in [6, 6.07) is 12.3. The number of carbonyl (C=O) groups excluding carboxylic acids is 4. The number of urea groups is 1. The van der Waals surface area contributed by atoms with Gasteiger partial charge in [0.15, 0.2) is 17.4 Å². The molecule has 5 amide bonds. The lowest BCUT2D eigenvalue weighted by atomic mass is 9.60. The fraction of sp³-hybridized carbons (Fsp3) is 0.449. The summed E-state index contributed by atoms with van der Waals surface area (Å²) in [5.41, 5.74) is 4.13. The van der Waals surface area contributed by atoms with E-state index in [9.17, 15) is 37.5 Å². The number of imide groups is 1. The molecule has 5 aromatic rings. The number of piperazine rings is 1. The predicted octanol–water partition coefficient (Wildman–Crippen LogP) is 6.74. The number of nitrogens with one attached hydrogen (secondary N) is 2. The molecule has 10 rings (SSSR count). The van der Waals surface area contributed by atoms with Gasteiger partial charge in [-0.3, -0.25) is 39.2 Å². The van der Waals surface area contributed by atoms with E-state index in [1.807, 2.05) is 65.4 Å². The zero-order valence-electron chi connectivity index (χ0n) is 37.3. The highest BCUT2D eigenvalue weighted by Crippen LogP contribution is 2.51. The average molecular weight is 919 g/mol. The number of carbonyl (C=O) groups is 4. The number of likely N-dealkylation sites (tertiary alicyclic amines) is 1. The minimum Gasteiger partial charge on any atom is -0.503 e. The van der Waals surface area contributed by atoms with Gasteiger partial charge in [-0.2, -0.15) is 9.49 Å². The summed E-state index contributed by atoms with van der Waals surface area (Å²) in [4.78, 5) is 68.3. The highest BCUT2D eigenvalue weighted by atomic mass is 19.2. The molecule has 2 aromatic heterocycles. The number of piperidine rings is 1. The number of fused-ring (bicyclic) bond motifs is 1. The van der Waals surface area contributed by atoms with E-state index in [0.717, 1.165) is 124 Å². The van der Waals surface area contributed by atoms with Crippen LogP contribution < -0.4 is 20.4 Å². The molecule has 2 aliphatic carbocycles. The van der Waals surface area contributed by atoms with Gasteiger partial charge in [0.1, 0.15) is 5.82 Å². The maximum Gasteiger partial charge on any atom is 0.328 e. The molecule has 3 aromatic carbocycles. The quantitative estimate of drug-likeness (QED) is 0.135. The number of benzene rings is 3. The minimum atomic E-state index is -1.78. The van der Waals surface area contributed by atoms with Gasteiger partial charge >= 0.3 is 6.03 Å². The summed E-state index contributed by atoms with van der Waals surface area (Å²) < 4.78 is 43.7. The third kappa shape index (κ3) is 8.78. The zero-order valence-corrected chi connectivity index (χ0v) is 37.3. The molecule has 18 heteroatoms. The first-order chi connectivity index (χ1) is 32.3. The molecule has 3 saturated heterocycles. The van der Waals surface area contributed by atoms with E-state index in [0.29, 0.717) is 29.9 Å². The van der Waals surface area contributed by atoms with Crippen LogP contribution in [0.4, 0.5) is 29.5 Å². The van der Waals surface area contributed by atoms with Gasteiger partial charge in [-0.15, -0.1) is 0 Å². The number of hydrogen-bond donors (Lipinski definition) is 3. The standard InChI is InChI=1S/C49H53F3N10O5/c1-29-2-5-32(21-40(29)61-13-10-42(63)56-48(61)67)47(66)60-14-11-49(12-15-60)23-35(24-49)58-16-18-59(19-17-58)41-27-53-39(26-54-41)31-6-7-33-28-62(57-38(33)20-31)34-8-3-30(4-9-34)25-55-46(65)36-22-37(50)45(64)44(52)43(36)51/h2,5-7,20-22,26-28,30,34-35,64H,3-4,8-19,23-25H2,1H3,(H,55,65)(H,56,63,67). The maximum absolute atomic E-state index is 14.2. The van der Waals surface area contributed by atoms with Gasteiger partial charge in [0.05, 0.1) is 35.2 Å². The largest absolute Gasteiger partial charge is 0.503 e. The molecule has 5 heterocycles. The van der Waals surface area contributed by atoms with Crippen molar-refractivity contribution in [2.45, 2.75) is 76.8 Å². The van der Waals surface area contributed by atoms with Crippen LogP contribution in [0.25, 0.3) is 22.2 Å². The van der Waals surface area contributed by atoms with Crippen molar-refractivity contribution in [3.63, 3.8) is 0 Å². The Morgan fingerprint density at radius 3 is 2.34 bits per heavy atom. The predicted molar refractivity (Wildman–Crippen MR) is 243 cm³/mol. The van der Waals surface area contributed by atoms with E-state index >= 15 is 0 Å². The molecule has 5 fully saturated rings. The number of anilines is 2. The van der Waals surface area contributed by atoms with Gasteiger partial charge in [-0.1, -0.05) is 18.2 Å². The van der Waals surface area contributed by atoms with Crippen LogP contribution in [0.2, 0.25) is 0 Å². The Bertz CT molecular complexity index is 2740. The third-order valence-corrected chi connectivity index (χ3v) is 15.0. The fourth-order valence-corrected chi connectivity index (χ4v) is 10.8. The molecule has 2 saturated carbocycles. The number of hydrogen-bond acceptors (Lipinski definition) is 10. The van der Waals surface area contributed by atoms with Crippen LogP contribution in [-0.4, -0.2) is 117 Å². The van der Waals surface area contributed by atoms with Crippen molar-refractivity contribution < 1.29 is 37.5 Å². The normalized spacial score (nSPS) is 21.4. The van der Waals surface area contributed by atoms with Crippen LogP contribution in [0.3, 0.4) is 0 Å². The zero-order chi connectivity index (χ0) is 46.6. The van der Waals surface area contributed by atoms with Crippen molar-refractivity contribution >= 4 is 46.2 Å². The van der Waals surface area contributed by atoms with Crippen molar-refractivity contribution in [2.24, 2.45) is 11.3 Å². The van der Waals surface area contributed by atoms with Gasteiger partial charge in [0.25, 0.3) is 11.8 Å². The Morgan fingerprint density at radius 1 is 0.866 bits per heavy atom. The van der Waals surface area contributed by atoms with Gasteiger partial charge in [-0.05, 0) is 99.5 Å².